The number of fused-ring (bicyclic) bond motifs is 1. The second kappa shape index (κ2) is 7.45. The third-order valence-corrected chi connectivity index (χ3v) is 5.56. The average Bonchev–Trinajstić information content (AvgIpc) is 3.14. The minimum absolute atomic E-state index is 0.122. The molecule has 0 radical (unpaired) electrons. The zero-order valence-electron chi connectivity index (χ0n) is 15.1. The van der Waals surface area contributed by atoms with Gasteiger partial charge in [-0.3, -0.25) is 18.9 Å². The molecule has 0 saturated carbocycles. The van der Waals surface area contributed by atoms with Crippen molar-refractivity contribution in [3.05, 3.63) is 48.1 Å². The number of H-pyrrole nitrogens is 1. The van der Waals surface area contributed by atoms with Crippen LogP contribution in [0.25, 0.3) is 10.2 Å². The first-order valence-corrected chi connectivity index (χ1v) is 9.10. The molecule has 0 fully saturated rings. The molecular formula is C15H13F6N5O3S. The quantitative estimate of drug-likeness (QED) is 0.593. The minimum atomic E-state index is -4.94. The molecule has 0 aromatic carbocycles. The molecule has 164 valence electrons. The average molecular weight is 457 g/mol. The number of alkyl halides is 6. The molecule has 0 aliphatic carbocycles. The number of halogens is 6. The number of nitrogens with one attached hydrogen (secondary N) is 1. The number of rotatable bonds is 5. The molecule has 0 unspecified atom stereocenters. The van der Waals surface area contributed by atoms with Crippen molar-refractivity contribution in [2.45, 2.75) is 45.3 Å². The highest BCUT2D eigenvalue weighted by Crippen LogP contribution is 2.30. The van der Waals surface area contributed by atoms with Gasteiger partial charge in [0.2, 0.25) is 0 Å². The van der Waals surface area contributed by atoms with E-state index in [2.05, 4.69) is 10.1 Å². The van der Waals surface area contributed by atoms with Crippen LogP contribution in [0.2, 0.25) is 0 Å². The van der Waals surface area contributed by atoms with Gasteiger partial charge in [0.05, 0.1) is 18.4 Å². The predicted octanol–water partition coefficient (Wildman–Crippen LogP) is 1.98. The lowest BCUT2D eigenvalue weighted by molar-refractivity contribution is -0.143. The summed E-state index contributed by atoms with van der Waals surface area (Å²) in [7, 11) is 0. The first-order chi connectivity index (χ1) is 13.8. The van der Waals surface area contributed by atoms with Gasteiger partial charge in [-0.15, -0.1) is 11.3 Å². The third kappa shape index (κ3) is 4.34. The Hall–Kier alpha value is -2.84. The van der Waals surface area contributed by atoms with Crippen molar-refractivity contribution in [3.63, 3.8) is 0 Å². The number of aromatic nitrogens is 5. The maximum Gasteiger partial charge on any atom is 0.406 e. The van der Waals surface area contributed by atoms with Crippen molar-refractivity contribution in [2.75, 3.05) is 0 Å². The first kappa shape index (κ1) is 21.9. The van der Waals surface area contributed by atoms with Crippen LogP contribution in [-0.2, 0) is 19.6 Å². The number of thiophene rings is 1. The Balaban J connectivity index is 2.25. The summed E-state index contributed by atoms with van der Waals surface area (Å²) in [4.78, 5) is 39.1. The van der Waals surface area contributed by atoms with Gasteiger partial charge in [0.15, 0.2) is 0 Å². The molecule has 8 nitrogen and oxygen atoms in total. The largest absolute Gasteiger partial charge is 0.406 e. The number of aryl methyl sites for hydroxylation is 2. The fraction of sp³-hybridized carbons (Fsp3) is 0.467. The van der Waals surface area contributed by atoms with Crippen LogP contribution in [0, 0.1) is 6.92 Å². The zero-order chi connectivity index (χ0) is 22.4. The second-order valence-electron chi connectivity index (χ2n) is 6.39. The van der Waals surface area contributed by atoms with Crippen molar-refractivity contribution in [3.8, 4) is 0 Å². The summed E-state index contributed by atoms with van der Waals surface area (Å²) in [5.41, 5.74) is -3.19. The smallest absolute Gasteiger partial charge is 0.295 e. The van der Waals surface area contributed by atoms with Crippen LogP contribution in [0.4, 0.5) is 26.3 Å². The van der Waals surface area contributed by atoms with Gasteiger partial charge < -0.3 is 0 Å². The van der Waals surface area contributed by atoms with Crippen LogP contribution in [0.1, 0.15) is 16.9 Å². The second-order valence-corrected chi connectivity index (χ2v) is 7.47. The Morgan fingerprint density at radius 1 is 1.07 bits per heavy atom. The van der Waals surface area contributed by atoms with Gasteiger partial charge in [-0.25, -0.2) is 14.3 Å². The predicted molar refractivity (Wildman–Crippen MR) is 93.8 cm³/mol. The normalized spacial score (nSPS) is 12.8. The fourth-order valence-electron chi connectivity index (χ4n) is 2.88. The topological polar surface area (TPSA) is 94.7 Å². The summed E-state index contributed by atoms with van der Waals surface area (Å²) in [6, 6.07) is 0. The zero-order valence-corrected chi connectivity index (χ0v) is 15.9. The Bertz CT molecular complexity index is 1260. The van der Waals surface area contributed by atoms with Crippen molar-refractivity contribution in [2.24, 2.45) is 0 Å². The van der Waals surface area contributed by atoms with E-state index in [1.165, 1.54) is 6.92 Å². The molecule has 15 heteroatoms. The molecule has 3 aromatic heterocycles. The van der Waals surface area contributed by atoms with E-state index in [4.69, 9.17) is 0 Å². The van der Waals surface area contributed by atoms with Crippen LogP contribution in [0.3, 0.4) is 0 Å². The maximum absolute atomic E-state index is 12.9. The van der Waals surface area contributed by atoms with Crippen LogP contribution in [0.5, 0.6) is 0 Å². The highest BCUT2D eigenvalue weighted by atomic mass is 32.1. The fourth-order valence-corrected chi connectivity index (χ4v) is 4.17. The van der Waals surface area contributed by atoms with E-state index in [0.717, 1.165) is 22.3 Å². The van der Waals surface area contributed by atoms with E-state index >= 15 is 0 Å². The molecule has 0 atom stereocenters. The van der Waals surface area contributed by atoms with Crippen LogP contribution >= 0.6 is 11.3 Å². The number of hydrogen-bond donors (Lipinski definition) is 1. The monoisotopic (exact) mass is 457 g/mol. The van der Waals surface area contributed by atoms with Gasteiger partial charge in [-0.2, -0.15) is 31.4 Å². The molecule has 0 spiro atoms. The molecule has 3 heterocycles. The third-order valence-electron chi connectivity index (χ3n) is 4.26. The lowest BCUT2D eigenvalue weighted by Crippen LogP contribution is -2.43. The molecule has 3 rings (SSSR count). The molecule has 0 amide bonds. The number of aromatic amines is 1. The summed E-state index contributed by atoms with van der Waals surface area (Å²) >= 11 is 0.750. The first-order valence-electron chi connectivity index (χ1n) is 8.28. The summed E-state index contributed by atoms with van der Waals surface area (Å²) in [6.07, 6.45) is -9.99. The van der Waals surface area contributed by atoms with Crippen LogP contribution in [-0.4, -0.2) is 36.3 Å². The van der Waals surface area contributed by atoms with Gasteiger partial charge in [-0.1, -0.05) is 0 Å². The molecule has 0 aliphatic heterocycles. The number of hydrogen-bond acceptors (Lipinski definition) is 5. The van der Waals surface area contributed by atoms with Crippen molar-refractivity contribution < 1.29 is 26.3 Å². The number of nitrogens with zero attached hydrogens (tertiary/aromatic N) is 4. The Kier molecular flexibility index (Phi) is 5.43. The van der Waals surface area contributed by atoms with E-state index < -0.39 is 48.8 Å². The van der Waals surface area contributed by atoms with Crippen LogP contribution < -0.4 is 16.9 Å². The molecule has 1 N–H and O–H groups in total. The van der Waals surface area contributed by atoms with Crippen molar-refractivity contribution in [1.29, 1.82) is 0 Å². The van der Waals surface area contributed by atoms with E-state index in [0.29, 0.717) is 9.44 Å². The van der Waals surface area contributed by atoms with E-state index in [9.17, 15) is 40.7 Å². The minimum Gasteiger partial charge on any atom is -0.295 e. The Morgan fingerprint density at radius 3 is 2.27 bits per heavy atom. The summed E-state index contributed by atoms with van der Waals surface area (Å²) in [5, 5.41) is 3.42. The molecule has 0 aliphatic rings. The lowest BCUT2D eigenvalue weighted by Gasteiger charge is -2.14. The summed E-state index contributed by atoms with van der Waals surface area (Å²) in [5.74, 6) is 0. The lowest BCUT2D eigenvalue weighted by atomic mass is 10.2. The van der Waals surface area contributed by atoms with Crippen molar-refractivity contribution >= 4 is 21.6 Å². The molecule has 0 bridgehead atoms. The highest BCUT2D eigenvalue weighted by Gasteiger charge is 2.33. The van der Waals surface area contributed by atoms with Gasteiger partial charge in [-0.05, 0) is 12.5 Å². The molecule has 30 heavy (non-hydrogen) atoms. The highest BCUT2D eigenvalue weighted by molar-refractivity contribution is 7.18. The maximum atomic E-state index is 12.9. The van der Waals surface area contributed by atoms with E-state index in [1.807, 2.05) is 0 Å². The van der Waals surface area contributed by atoms with Crippen LogP contribution in [0.15, 0.2) is 20.7 Å². The van der Waals surface area contributed by atoms with Crippen molar-refractivity contribution in [1.82, 2.24) is 23.9 Å². The Labute approximate surface area is 166 Å². The standard InChI is InChI=1S/C15H13F6N5O3S/c1-7-8(4-26-12(28)22-6-23-26)30-11-9(7)10(27)25(5-15(19,20)21)13(29)24(11)3-2-14(16,17)18/h6H,2-5H2,1H3,(H,22,23,28). The van der Waals surface area contributed by atoms with E-state index in [1.54, 1.807) is 0 Å². The van der Waals surface area contributed by atoms with Gasteiger partial charge >= 0.3 is 23.7 Å². The molecular weight excluding hydrogens is 444 g/mol. The molecule has 3 aromatic rings. The van der Waals surface area contributed by atoms with E-state index in [-0.39, 0.29) is 26.9 Å². The summed E-state index contributed by atoms with van der Waals surface area (Å²) < 4.78 is 78.1. The van der Waals surface area contributed by atoms with Gasteiger partial charge in [0.25, 0.3) is 5.56 Å². The summed E-state index contributed by atoms with van der Waals surface area (Å²) in [6.45, 7) is -1.70. The SMILES string of the molecule is Cc1c(Cn2nc[nH]c2=O)sc2c1c(=O)n(CC(F)(F)F)c(=O)n2CCC(F)(F)F. The Morgan fingerprint density at radius 2 is 1.73 bits per heavy atom. The van der Waals surface area contributed by atoms with Gasteiger partial charge in [0.1, 0.15) is 17.7 Å². The van der Waals surface area contributed by atoms with Gasteiger partial charge in [0, 0.05) is 11.4 Å². The molecule has 0 saturated heterocycles.